The number of hydrogen-bond donors (Lipinski definition) is 0. The number of amides is 3. The minimum absolute atomic E-state index is 0.0770. The molecule has 2 aliphatic carbocycles. The van der Waals surface area contributed by atoms with Gasteiger partial charge in [0.1, 0.15) is 6.04 Å². The van der Waals surface area contributed by atoms with Crippen LogP contribution in [0.15, 0.2) is 11.4 Å². The third kappa shape index (κ3) is 1.56. The number of rotatable bonds is 3. The van der Waals surface area contributed by atoms with Crippen molar-refractivity contribution in [3.63, 3.8) is 0 Å². The van der Waals surface area contributed by atoms with Crippen molar-refractivity contribution in [3.8, 4) is 0 Å². The van der Waals surface area contributed by atoms with E-state index in [0.29, 0.717) is 0 Å². The third-order valence-corrected chi connectivity index (χ3v) is 4.96. The second kappa shape index (κ2) is 4.12. The Bertz CT molecular complexity index is 548. The van der Waals surface area contributed by atoms with Crippen LogP contribution in [-0.4, -0.2) is 45.4 Å². The van der Waals surface area contributed by atoms with Crippen molar-refractivity contribution in [1.82, 2.24) is 4.90 Å². The first-order valence-electron chi connectivity index (χ1n) is 6.99. The third-order valence-electron chi connectivity index (χ3n) is 4.96. The molecule has 0 N–H and O–H groups in total. The number of carbonyl (C=O) groups is 2. The van der Waals surface area contributed by atoms with Gasteiger partial charge in [0.15, 0.2) is 5.70 Å². The van der Waals surface area contributed by atoms with E-state index in [9.17, 15) is 19.7 Å². The Morgan fingerprint density at radius 1 is 1.25 bits per heavy atom. The van der Waals surface area contributed by atoms with Crippen molar-refractivity contribution >= 4 is 11.9 Å². The molecule has 7 nitrogen and oxygen atoms in total. The number of hydrogen-bond acceptors (Lipinski definition) is 4. The lowest BCUT2D eigenvalue weighted by molar-refractivity contribution is -0.810. The maximum Gasteiger partial charge on any atom is 0.431 e. The summed E-state index contributed by atoms with van der Waals surface area (Å²) in [4.78, 5) is 36.9. The van der Waals surface area contributed by atoms with Crippen molar-refractivity contribution in [1.29, 1.82) is 0 Å². The Morgan fingerprint density at radius 3 is 2.25 bits per heavy atom. The van der Waals surface area contributed by atoms with Crippen LogP contribution in [-0.2, 0) is 4.79 Å². The molecular weight excluding hydrogens is 262 g/mol. The number of urea groups is 1. The van der Waals surface area contributed by atoms with Crippen molar-refractivity contribution in [2.24, 2.45) is 0 Å². The van der Waals surface area contributed by atoms with Gasteiger partial charge in [-0.05, 0) is 19.3 Å². The van der Waals surface area contributed by atoms with Crippen LogP contribution in [0.4, 0.5) is 4.79 Å². The molecule has 0 radical (unpaired) electrons. The Labute approximate surface area is 116 Å². The molecule has 1 aliphatic heterocycles. The number of carbonyl (C=O) groups excluding carboxylic acids is 2. The maximum absolute atomic E-state index is 12.8. The topological polar surface area (TPSA) is 80.5 Å². The van der Waals surface area contributed by atoms with Gasteiger partial charge in [-0.2, -0.15) is 0 Å². The Morgan fingerprint density at radius 2 is 1.85 bits per heavy atom. The van der Waals surface area contributed by atoms with Crippen LogP contribution in [0.1, 0.15) is 39.0 Å². The predicted molar refractivity (Wildman–Crippen MR) is 68.8 cm³/mol. The second-order valence-corrected chi connectivity index (χ2v) is 6.04. The summed E-state index contributed by atoms with van der Waals surface area (Å²) in [6.45, 7) is 1.55. The smallest absolute Gasteiger partial charge is 0.261 e. The molecule has 1 heterocycles. The lowest BCUT2D eigenvalue weighted by Crippen LogP contribution is -2.65. The summed E-state index contributed by atoms with van der Waals surface area (Å²) in [5.41, 5.74) is -0.131. The molecule has 0 aromatic rings. The number of nitrogens with zero attached hydrogens (tertiary/aromatic N) is 3. The quantitative estimate of drug-likeness (QED) is 0.447. The van der Waals surface area contributed by atoms with Gasteiger partial charge in [0.25, 0.3) is 0 Å². The van der Waals surface area contributed by atoms with E-state index in [1.165, 1.54) is 0 Å². The molecule has 0 spiro atoms. The minimum Gasteiger partial charge on any atom is -0.261 e. The summed E-state index contributed by atoms with van der Waals surface area (Å²) in [5.74, 6) is -0.724. The standard InChI is InChI=1S/C13H18N3O4/c1-8-11(15(19)20)12(17)14(9-4-3-5-9)13(18)16(8,2)10-6-7-10/h9-10H,3-7H2,1-2H3/q+1. The normalized spacial score (nSPS) is 31.6. The highest BCUT2D eigenvalue weighted by molar-refractivity contribution is 6.03. The molecule has 20 heavy (non-hydrogen) atoms. The Kier molecular flexibility index (Phi) is 2.72. The van der Waals surface area contributed by atoms with Crippen LogP contribution >= 0.6 is 0 Å². The zero-order valence-electron chi connectivity index (χ0n) is 11.7. The highest BCUT2D eigenvalue weighted by Crippen LogP contribution is 2.43. The van der Waals surface area contributed by atoms with Gasteiger partial charge in [-0.1, -0.05) is 0 Å². The summed E-state index contributed by atoms with van der Waals surface area (Å²) in [5, 5.41) is 11.3. The average Bonchev–Trinajstić information content (AvgIpc) is 3.13. The molecule has 1 unspecified atom stereocenters. The highest BCUT2D eigenvalue weighted by Gasteiger charge is 2.61. The average molecular weight is 280 g/mol. The van der Waals surface area contributed by atoms with Gasteiger partial charge < -0.3 is 0 Å². The first-order valence-corrected chi connectivity index (χ1v) is 6.99. The summed E-state index contributed by atoms with van der Waals surface area (Å²) in [6.07, 6.45) is 4.22. The molecule has 2 saturated carbocycles. The zero-order valence-corrected chi connectivity index (χ0v) is 11.7. The van der Waals surface area contributed by atoms with Gasteiger partial charge in [0.05, 0.1) is 12.0 Å². The van der Waals surface area contributed by atoms with E-state index in [0.717, 1.165) is 37.0 Å². The van der Waals surface area contributed by atoms with E-state index in [4.69, 9.17) is 0 Å². The summed E-state index contributed by atoms with van der Waals surface area (Å²) in [7, 11) is 1.71. The Hall–Kier alpha value is -1.76. The Balaban J connectivity index is 2.12. The van der Waals surface area contributed by atoms with Crippen molar-refractivity contribution in [2.45, 2.75) is 51.1 Å². The van der Waals surface area contributed by atoms with Gasteiger partial charge in [0.2, 0.25) is 0 Å². The molecule has 108 valence electrons. The molecule has 7 heteroatoms. The molecule has 3 rings (SSSR count). The van der Waals surface area contributed by atoms with E-state index in [2.05, 4.69) is 0 Å². The molecule has 0 saturated heterocycles. The first-order chi connectivity index (χ1) is 9.39. The predicted octanol–water partition coefficient (Wildman–Crippen LogP) is 1.62. The molecule has 3 amide bonds. The van der Waals surface area contributed by atoms with Gasteiger partial charge in [0, 0.05) is 25.8 Å². The first kappa shape index (κ1) is 13.2. The van der Waals surface area contributed by atoms with Gasteiger partial charge in [-0.25, -0.2) is 14.2 Å². The van der Waals surface area contributed by atoms with E-state index in [1.54, 1.807) is 14.0 Å². The fourth-order valence-electron chi connectivity index (χ4n) is 3.14. The minimum atomic E-state index is -0.724. The second-order valence-electron chi connectivity index (χ2n) is 6.04. The molecule has 2 fully saturated rings. The maximum atomic E-state index is 12.8. The number of imide groups is 1. The van der Waals surface area contributed by atoms with Crippen molar-refractivity contribution < 1.29 is 19.0 Å². The van der Waals surface area contributed by atoms with Crippen LogP contribution in [0, 0.1) is 10.1 Å². The monoisotopic (exact) mass is 280 g/mol. The molecule has 1 atom stereocenters. The lowest BCUT2D eigenvalue weighted by atomic mass is 9.90. The lowest BCUT2D eigenvalue weighted by Gasteiger charge is -2.43. The largest absolute Gasteiger partial charge is 0.431 e. The SMILES string of the molecule is CC1=C([N+](=O)[O-])C(=O)N(C2CCC2)C(=O)[N+]1(C)C1CC1. The summed E-state index contributed by atoms with van der Waals surface area (Å²) < 4.78 is -0.0987. The fourth-order valence-corrected chi connectivity index (χ4v) is 3.14. The van der Waals surface area contributed by atoms with E-state index in [-0.39, 0.29) is 28.3 Å². The summed E-state index contributed by atoms with van der Waals surface area (Å²) >= 11 is 0. The molecular formula is C13H18N3O4+. The van der Waals surface area contributed by atoms with E-state index >= 15 is 0 Å². The van der Waals surface area contributed by atoms with Crippen molar-refractivity contribution in [3.05, 3.63) is 21.5 Å². The summed E-state index contributed by atoms with van der Waals surface area (Å²) in [6, 6.07) is -0.368. The van der Waals surface area contributed by atoms with Gasteiger partial charge in [-0.3, -0.25) is 14.9 Å². The van der Waals surface area contributed by atoms with E-state index in [1.807, 2.05) is 0 Å². The number of allylic oxidation sites excluding steroid dienone is 1. The fraction of sp³-hybridized carbons (Fsp3) is 0.692. The number of quaternary nitrogens is 1. The molecule has 0 bridgehead atoms. The number of nitro groups is 1. The van der Waals surface area contributed by atoms with E-state index < -0.39 is 16.5 Å². The van der Waals surface area contributed by atoms with Crippen LogP contribution in [0.25, 0.3) is 0 Å². The molecule has 3 aliphatic rings. The van der Waals surface area contributed by atoms with Crippen LogP contribution in [0.2, 0.25) is 0 Å². The zero-order chi connectivity index (χ0) is 14.7. The van der Waals surface area contributed by atoms with Crippen LogP contribution < -0.4 is 0 Å². The molecule has 0 aromatic carbocycles. The van der Waals surface area contributed by atoms with Gasteiger partial charge in [-0.15, -0.1) is 0 Å². The van der Waals surface area contributed by atoms with Gasteiger partial charge >= 0.3 is 17.6 Å². The molecule has 0 aromatic heterocycles. The van der Waals surface area contributed by atoms with Crippen LogP contribution in [0.3, 0.4) is 0 Å². The van der Waals surface area contributed by atoms with Crippen LogP contribution in [0.5, 0.6) is 0 Å². The van der Waals surface area contributed by atoms with Crippen molar-refractivity contribution in [2.75, 3.05) is 7.05 Å². The highest BCUT2D eigenvalue weighted by atomic mass is 16.6.